The average molecular weight is 678 g/mol. The number of nitrogen functional groups attached to an aromatic ring is 2. The number of aliphatic carboxylic acids is 1. The Labute approximate surface area is 282 Å². The predicted molar refractivity (Wildman–Crippen MR) is 184 cm³/mol. The van der Waals surface area contributed by atoms with Crippen molar-refractivity contribution in [3.05, 3.63) is 40.2 Å². The van der Waals surface area contributed by atoms with Crippen LogP contribution in [0, 0.1) is 11.3 Å². The molecule has 1 aromatic heterocycles. The van der Waals surface area contributed by atoms with Gasteiger partial charge in [-0.2, -0.15) is 0 Å². The summed E-state index contributed by atoms with van der Waals surface area (Å²) >= 11 is 5.83. The molecular formula is C34H52ClN5O7. The third kappa shape index (κ3) is 17.2. The van der Waals surface area contributed by atoms with Crippen LogP contribution in [-0.2, 0) is 16.0 Å². The third-order valence-electron chi connectivity index (χ3n) is 7.80. The molecule has 0 radical (unpaired) electrons. The molecule has 2 aromatic rings. The quantitative estimate of drug-likeness (QED) is 0.0319. The van der Waals surface area contributed by atoms with Crippen LogP contribution >= 0.6 is 11.6 Å². The molecule has 1 heterocycles. The van der Waals surface area contributed by atoms with Crippen LogP contribution in [0.5, 0.6) is 5.75 Å². The third-order valence-corrected chi connectivity index (χ3v) is 8.08. The smallest absolute Gasteiger partial charge is 0.332 e. The summed E-state index contributed by atoms with van der Waals surface area (Å²) in [4.78, 5) is 40.3. The minimum atomic E-state index is -1.23. The fraction of sp³-hybridized carbons (Fsp3) is 0.588. The van der Waals surface area contributed by atoms with Gasteiger partial charge in [-0.05, 0) is 56.2 Å². The van der Waals surface area contributed by atoms with Crippen molar-refractivity contribution < 1.29 is 34.8 Å². The number of nitrogens with zero attached hydrogens (tertiary/aromatic N) is 2. The highest BCUT2D eigenvalue weighted by Crippen LogP contribution is 2.27. The molecule has 0 saturated heterocycles. The molecule has 47 heavy (non-hydrogen) atoms. The Kier molecular flexibility index (Phi) is 20.1. The number of phenolic OH excluding ortho intramolecular Hbond substituents is 1. The van der Waals surface area contributed by atoms with Crippen molar-refractivity contribution in [2.24, 2.45) is 5.92 Å². The Bertz CT molecular complexity index is 1290. The lowest BCUT2D eigenvalue weighted by Gasteiger charge is -2.16. The van der Waals surface area contributed by atoms with Gasteiger partial charge < -0.3 is 42.1 Å². The van der Waals surface area contributed by atoms with Crippen molar-refractivity contribution in [2.75, 3.05) is 11.5 Å². The molecule has 0 amide bonds. The second-order valence-electron chi connectivity index (χ2n) is 12.0. The number of aliphatic hydroxyl groups is 2. The van der Waals surface area contributed by atoms with Gasteiger partial charge in [0.15, 0.2) is 28.3 Å². The number of anilines is 2. The van der Waals surface area contributed by atoms with Crippen molar-refractivity contribution >= 4 is 47.0 Å². The summed E-state index contributed by atoms with van der Waals surface area (Å²) in [6, 6.07) is 4.99. The number of carboxylic acid groups (broad SMARTS) is 1. The standard InChI is InChI=1S/C31H46ClN5O4.C3H6O3/c1-21(13-15-25(39)22-14-16-26(40)23(19-22)17-18-38)11-9-7-5-3-2-4-6-8-10-12-24(33)20-27(41)28-30(34)37-31(35)29(32)36-28;1-2(4)3(5)6/h14,16,18-19,21,25,33,39-40H,2-13,15,17,20H2,1H3,(H4,34,35,37);2,4H,1H3,(H,5,6)/t21-,25-;2-/m00/s1. The summed E-state index contributed by atoms with van der Waals surface area (Å²) in [7, 11) is 0. The van der Waals surface area contributed by atoms with Crippen molar-refractivity contribution in [1.29, 1.82) is 5.41 Å². The summed E-state index contributed by atoms with van der Waals surface area (Å²) < 4.78 is 0. The van der Waals surface area contributed by atoms with Gasteiger partial charge in [-0.1, -0.05) is 82.4 Å². The molecule has 12 nitrogen and oxygen atoms in total. The van der Waals surface area contributed by atoms with Gasteiger partial charge in [-0.15, -0.1) is 0 Å². The molecule has 0 spiro atoms. The highest BCUT2D eigenvalue weighted by molar-refractivity contribution is 6.31. The summed E-state index contributed by atoms with van der Waals surface area (Å²) in [5.74, 6) is -1.00. The number of halogens is 1. The molecule has 0 bridgehead atoms. The van der Waals surface area contributed by atoms with E-state index in [1.54, 1.807) is 18.2 Å². The van der Waals surface area contributed by atoms with Crippen molar-refractivity contribution in [3.63, 3.8) is 0 Å². The number of rotatable bonds is 22. The summed E-state index contributed by atoms with van der Waals surface area (Å²) in [5.41, 5.74) is 12.9. The molecule has 0 aliphatic heterocycles. The lowest BCUT2D eigenvalue weighted by atomic mass is 9.93. The largest absolute Gasteiger partial charge is 0.508 e. The summed E-state index contributed by atoms with van der Waals surface area (Å²) in [5, 5.41) is 44.1. The molecular weight excluding hydrogens is 626 g/mol. The fourth-order valence-corrected chi connectivity index (χ4v) is 5.03. The minimum Gasteiger partial charge on any atom is -0.508 e. The number of aliphatic hydroxyl groups excluding tert-OH is 2. The molecule has 9 N–H and O–H groups in total. The zero-order chi connectivity index (χ0) is 35.4. The number of aromatic hydroxyl groups is 1. The second kappa shape index (κ2) is 22.8. The van der Waals surface area contributed by atoms with E-state index in [1.165, 1.54) is 45.4 Å². The summed E-state index contributed by atoms with van der Waals surface area (Å²) in [6.07, 6.45) is 12.7. The van der Waals surface area contributed by atoms with Crippen molar-refractivity contribution in [1.82, 2.24) is 9.97 Å². The number of nitrogens with one attached hydrogen (secondary N) is 1. The number of unbranched alkanes of at least 4 members (excludes halogenated alkanes) is 8. The van der Waals surface area contributed by atoms with E-state index in [1.807, 2.05) is 0 Å². The van der Waals surface area contributed by atoms with Crippen LogP contribution in [0.15, 0.2) is 18.2 Å². The first-order chi connectivity index (χ1) is 22.3. The summed E-state index contributed by atoms with van der Waals surface area (Å²) in [6.45, 7) is 3.43. The number of benzene rings is 1. The molecule has 262 valence electrons. The number of carboxylic acids is 1. The van der Waals surface area contributed by atoms with Crippen LogP contribution < -0.4 is 11.5 Å². The van der Waals surface area contributed by atoms with E-state index in [9.17, 15) is 24.6 Å². The molecule has 13 heteroatoms. The maximum Gasteiger partial charge on any atom is 0.332 e. The van der Waals surface area contributed by atoms with Crippen LogP contribution in [0.1, 0.15) is 131 Å². The number of phenols is 1. The lowest BCUT2D eigenvalue weighted by Crippen LogP contribution is -2.14. The molecule has 3 atom stereocenters. The number of aldehydes is 1. The molecule has 0 aliphatic carbocycles. The number of Topliss-reactive ketones (excluding diaryl/α,β-unsaturated/α-hetero) is 1. The Balaban J connectivity index is 0.00000167. The van der Waals surface area contributed by atoms with E-state index in [0.717, 1.165) is 44.0 Å². The van der Waals surface area contributed by atoms with E-state index < -0.39 is 18.2 Å². The monoisotopic (exact) mass is 677 g/mol. The van der Waals surface area contributed by atoms with E-state index in [-0.39, 0.29) is 46.9 Å². The first-order valence-corrected chi connectivity index (χ1v) is 16.7. The van der Waals surface area contributed by atoms with Gasteiger partial charge in [-0.3, -0.25) is 4.79 Å². The maximum atomic E-state index is 12.4. The average Bonchev–Trinajstić information content (AvgIpc) is 3.01. The Morgan fingerprint density at radius 3 is 2.06 bits per heavy atom. The zero-order valence-corrected chi connectivity index (χ0v) is 28.3. The van der Waals surface area contributed by atoms with Crippen LogP contribution in [0.4, 0.5) is 11.6 Å². The topological polar surface area (TPSA) is 234 Å². The fourth-order valence-electron chi connectivity index (χ4n) is 4.90. The van der Waals surface area contributed by atoms with Crippen LogP contribution in [0.25, 0.3) is 0 Å². The van der Waals surface area contributed by atoms with Gasteiger partial charge in [0.2, 0.25) is 0 Å². The highest BCUT2D eigenvalue weighted by atomic mass is 35.5. The molecule has 0 aliphatic rings. The van der Waals surface area contributed by atoms with Gasteiger partial charge in [0.05, 0.1) is 12.5 Å². The number of hydrogen-bond donors (Lipinski definition) is 7. The highest BCUT2D eigenvalue weighted by Gasteiger charge is 2.17. The predicted octanol–water partition coefficient (Wildman–Crippen LogP) is 6.23. The Hall–Kier alpha value is -3.61. The van der Waals surface area contributed by atoms with Crippen molar-refractivity contribution in [2.45, 2.75) is 122 Å². The Morgan fingerprint density at radius 2 is 1.49 bits per heavy atom. The molecule has 0 fully saturated rings. The number of hydrogen-bond acceptors (Lipinski definition) is 11. The number of ketones is 1. The number of carbonyl (C=O) groups is 3. The van der Waals surface area contributed by atoms with Crippen LogP contribution in [-0.4, -0.2) is 60.2 Å². The number of nitrogens with two attached hydrogens (primary N) is 2. The van der Waals surface area contributed by atoms with Crippen LogP contribution in [0.2, 0.25) is 5.15 Å². The SMILES string of the molecule is C[C@@H](CCCCCCCCCCCC(=N)CC(=O)c1nc(Cl)c(N)nc1N)CC[C@H](O)c1ccc(O)c(CC=O)c1.C[C@H](O)C(=O)O. The second-order valence-corrected chi connectivity index (χ2v) is 12.4. The number of aromatic nitrogens is 2. The minimum absolute atomic E-state index is 0.0193. The Morgan fingerprint density at radius 1 is 0.915 bits per heavy atom. The first-order valence-electron chi connectivity index (χ1n) is 16.3. The van der Waals surface area contributed by atoms with Crippen molar-refractivity contribution in [3.8, 4) is 5.75 Å². The zero-order valence-electron chi connectivity index (χ0n) is 27.6. The van der Waals surface area contributed by atoms with E-state index in [2.05, 4.69) is 16.9 Å². The normalized spacial score (nSPS) is 12.8. The van der Waals surface area contributed by atoms with Crippen LogP contribution in [0.3, 0.4) is 0 Å². The van der Waals surface area contributed by atoms with Gasteiger partial charge in [-0.25, -0.2) is 14.8 Å². The lowest BCUT2D eigenvalue weighted by molar-refractivity contribution is -0.145. The van der Waals surface area contributed by atoms with Gasteiger partial charge in [0, 0.05) is 17.7 Å². The molecule has 2 rings (SSSR count). The van der Waals surface area contributed by atoms with E-state index in [4.69, 9.17) is 38.7 Å². The molecule has 0 unspecified atom stereocenters. The molecule has 1 aromatic carbocycles. The maximum absolute atomic E-state index is 12.4. The molecule has 0 saturated carbocycles. The van der Waals surface area contributed by atoms with Gasteiger partial charge in [0.1, 0.15) is 18.1 Å². The van der Waals surface area contributed by atoms with E-state index in [0.29, 0.717) is 30.0 Å². The van der Waals surface area contributed by atoms with Gasteiger partial charge >= 0.3 is 5.97 Å². The first kappa shape index (κ1) is 41.4. The number of carbonyl (C=O) groups excluding carboxylic acids is 2. The van der Waals surface area contributed by atoms with E-state index >= 15 is 0 Å². The van der Waals surface area contributed by atoms with Gasteiger partial charge in [0.25, 0.3) is 0 Å².